The molecule has 4 nitrogen and oxygen atoms in total. The van der Waals surface area contributed by atoms with Crippen molar-refractivity contribution >= 4 is 11.8 Å². The van der Waals surface area contributed by atoms with Crippen LogP contribution >= 0.6 is 0 Å². The maximum absolute atomic E-state index is 12.3. The molecule has 0 radical (unpaired) electrons. The highest BCUT2D eigenvalue weighted by Gasteiger charge is 2.43. The summed E-state index contributed by atoms with van der Waals surface area (Å²) in [5.41, 5.74) is 1.55. The molecule has 1 N–H and O–H groups in total. The highest BCUT2D eigenvalue weighted by atomic mass is 19.4. The minimum absolute atomic E-state index is 0.00279. The first kappa shape index (κ1) is 16.3. The number of benzene rings is 1. The van der Waals surface area contributed by atoms with Gasteiger partial charge < -0.3 is 10.2 Å². The van der Waals surface area contributed by atoms with E-state index in [0.717, 1.165) is 10.5 Å². The Morgan fingerprint density at radius 3 is 2.18 bits per heavy atom. The van der Waals surface area contributed by atoms with E-state index in [0.29, 0.717) is 18.4 Å². The van der Waals surface area contributed by atoms with Gasteiger partial charge in [0.25, 0.3) is 5.91 Å². The molecular weight excluding hydrogens is 297 g/mol. The second-order valence-corrected chi connectivity index (χ2v) is 5.40. The van der Waals surface area contributed by atoms with Crippen molar-refractivity contribution in [3.63, 3.8) is 0 Å². The van der Waals surface area contributed by atoms with E-state index in [2.05, 4.69) is 5.32 Å². The lowest BCUT2D eigenvalue weighted by molar-refractivity contribution is -0.186. The van der Waals surface area contributed by atoms with Gasteiger partial charge in [-0.1, -0.05) is 17.7 Å². The predicted octanol–water partition coefficient (Wildman–Crippen LogP) is 2.28. The molecule has 0 atom stereocenters. The fraction of sp³-hybridized carbons (Fsp3) is 0.467. The topological polar surface area (TPSA) is 49.4 Å². The zero-order valence-electron chi connectivity index (χ0n) is 12.1. The number of carbonyl (C=O) groups is 2. The molecule has 0 aromatic heterocycles. The first-order valence-electron chi connectivity index (χ1n) is 7.01. The molecule has 2 amide bonds. The number of carbonyl (C=O) groups excluding carboxylic acids is 2. The second kappa shape index (κ2) is 6.37. The lowest BCUT2D eigenvalue weighted by atomic mass is 10.0. The van der Waals surface area contributed by atoms with Crippen molar-refractivity contribution in [1.82, 2.24) is 10.2 Å². The number of rotatable bonds is 2. The van der Waals surface area contributed by atoms with Crippen LogP contribution in [0.4, 0.5) is 13.2 Å². The lowest BCUT2D eigenvalue weighted by Gasteiger charge is -2.32. The second-order valence-electron chi connectivity index (χ2n) is 5.40. The number of hydrogen-bond acceptors (Lipinski definition) is 2. The Hall–Kier alpha value is -2.05. The monoisotopic (exact) mass is 314 g/mol. The van der Waals surface area contributed by atoms with Crippen LogP contribution < -0.4 is 5.32 Å². The molecule has 0 aliphatic carbocycles. The number of aryl methyl sites for hydroxylation is 1. The van der Waals surface area contributed by atoms with Crippen molar-refractivity contribution in [2.45, 2.75) is 32.0 Å². The summed E-state index contributed by atoms with van der Waals surface area (Å²) in [7, 11) is 0. The van der Waals surface area contributed by atoms with E-state index in [-0.39, 0.29) is 25.0 Å². The number of halogens is 3. The molecule has 22 heavy (non-hydrogen) atoms. The van der Waals surface area contributed by atoms with Gasteiger partial charge >= 0.3 is 12.1 Å². The molecule has 1 aliphatic heterocycles. The molecular formula is C15H17F3N2O2. The summed E-state index contributed by atoms with van der Waals surface area (Å²) in [6.45, 7) is 1.91. The predicted molar refractivity (Wildman–Crippen MR) is 74.3 cm³/mol. The molecule has 0 bridgehead atoms. The van der Waals surface area contributed by atoms with Gasteiger partial charge in [0.15, 0.2) is 0 Å². The zero-order valence-corrected chi connectivity index (χ0v) is 12.1. The van der Waals surface area contributed by atoms with Gasteiger partial charge in [-0.05, 0) is 31.9 Å². The van der Waals surface area contributed by atoms with Crippen LogP contribution in [0.2, 0.25) is 0 Å². The van der Waals surface area contributed by atoms with Crippen LogP contribution in [0.3, 0.4) is 0 Å². The number of amides is 2. The highest BCUT2D eigenvalue weighted by molar-refractivity contribution is 5.94. The quantitative estimate of drug-likeness (QED) is 0.910. The molecule has 1 heterocycles. The lowest BCUT2D eigenvalue weighted by Crippen LogP contribution is -2.50. The summed E-state index contributed by atoms with van der Waals surface area (Å²) in [5, 5.41) is 2.79. The van der Waals surface area contributed by atoms with Crippen LogP contribution in [0.25, 0.3) is 0 Å². The van der Waals surface area contributed by atoms with Crippen molar-refractivity contribution in [2.75, 3.05) is 13.1 Å². The van der Waals surface area contributed by atoms with Gasteiger partial charge in [0.1, 0.15) is 0 Å². The minimum atomic E-state index is -4.84. The maximum atomic E-state index is 12.3. The SMILES string of the molecule is Cc1ccc(C(=O)NC2CCN(C(=O)C(F)(F)F)CC2)cc1. The molecule has 1 aromatic rings. The van der Waals surface area contributed by atoms with E-state index in [1.54, 1.807) is 12.1 Å². The van der Waals surface area contributed by atoms with Gasteiger partial charge in [-0.3, -0.25) is 9.59 Å². The highest BCUT2D eigenvalue weighted by Crippen LogP contribution is 2.21. The summed E-state index contributed by atoms with van der Waals surface area (Å²) in [5.74, 6) is -2.06. The maximum Gasteiger partial charge on any atom is 0.471 e. The van der Waals surface area contributed by atoms with E-state index >= 15 is 0 Å². The van der Waals surface area contributed by atoms with E-state index in [9.17, 15) is 22.8 Å². The third-order valence-electron chi connectivity index (χ3n) is 3.67. The largest absolute Gasteiger partial charge is 0.471 e. The van der Waals surface area contributed by atoms with Crippen molar-refractivity contribution in [2.24, 2.45) is 0 Å². The Labute approximate surface area is 126 Å². The van der Waals surface area contributed by atoms with Crippen LogP contribution in [-0.2, 0) is 4.79 Å². The summed E-state index contributed by atoms with van der Waals surface area (Å²) >= 11 is 0. The third kappa shape index (κ3) is 3.99. The van der Waals surface area contributed by atoms with E-state index in [1.165, 1.54) is 0 Å². The molecule has 1 aliphatic rings. The Morgan fingerprint density at radius 2 is 1.68 bits per heavy atom. The number of nitrogens with one attached hydrogen (secondary N) is 1. The molecule has 0 spiro atoms. The summed E-state index contributed by atoms with van der Waals surface area (Å²) in [4.78, 5) is 23.9. The minimum Gasteiger partial charge on any atom is -0.349 e. The molecule has 120 valence electrons. The van der Waals surface area contributed by atoms with Gasteiger partial charge in [-0.15, -0.1) is 0 Å². The summed E-state index contributed by atoms with van der Waals surface area (Å²) < 4.78 is 37.0. The molecule has 2 rings (SSSR count). The molecule has 1 aromatic carbocycles. The van der Waals surface area contributed by atoms with Crippen molar-refractivity contribution in [1.29, 1.82) is 0 Å². The van der Waals surface area contributed by atoms with Crippen LogP contribution in [0.15, 0.2) is 24.3 Å². The van der Waals surface area contributed by atoms with Crippen molar-refractivity contribution in [3.05, 3.63) is 35.4 Å². The normalized spacial score (nSPS) is 16.5. The number of likely N-dealkylation sites (tertiary alicyclic amines) is 1. The van der Waals surface area contributed by atoms with Crippen molar-refractivity contribution < 1.29 is 22.8 Å². The van der Waals surface area contributed by atoms with Crippen LogP contribution in [0.5, 0.6) is 0 Å². The number of nitrogens with zero attached hydrogens (tertiary/aromatic N) is 1. The van der Waals surface area contributed by atoms with Gasteiger partial charge in [0.05, 0.1) is 0 Å². The van der Waals surface area contributed by atoms with E-state index in [1.807, 2.05) is 19.1 Å². The van der Waals surface area contributed by atoms with Gasteiger partial charge in [-0.25, -0.2) is 0 Å². The Balaban J connectivity index is 1.86. The average Bonchev–Trinajstić information content (AvgIpc) is 2.47. The number of alkyl halides is 3. The Bertz CT molecular complexity index is 547. The van der Waals surface area contributed by atoms with Gasteiger partial charge in [0, 0.05) is 24.7 Å². The number of hydrogen-bond donors (Lipinski definition) is 1. The zero-order chi connectivity index (χ0) is 16.3. The van der Waals surface area contributed by atoms with Gasteiger partial charge in [0.2, 0.25) is 0 Å². The van der Waals surface area contributed by atoms with Crippen molar-refractivity contribution in [3.8, 4) is 0 Å². The average molecular weight is 314 g/mol. The van der Waals surface area contributed by atoms with Crippen LogP contribution in [0, 0.1) is 6.92 Å². The molecule has 7 heteroatoms. The first-order chi connectivity index (χ1) is 10.3. The smallest absolute Gasteiger partial charge is 0.349 e. The fourth-order valence-corrected chi connectivity index (χ4v) is 2.38. The standard InChI is InChI=1S/C15H17F3N2O2/c1-10-2-4-11(5-3-10)13(21)19-12-6-8-20(9-7-12)14(22)15(16,17)18/h2-5,12H,6-9H2,1H3,(H,19,21). The Morgan fingerprint density at radius 1 is 1.14 bits per heavy atom. The van der Waals surface area contributed by atoms with Crippen LogP contribution in [-0.4, -0.2) is 42.0 Å². The molecule has 0 saturated carbocycles. The summed E-state index contributed by atoms with van der Waals surface area (Å²) in [6.07, 6.45) is -4.20. The fourth-order valence-electron chi connectivity index (χ4n) is 2.38. The summed E-state index contributed by atoms with van der Waals surface area (Å²) in [6, 6.07) is 6.82. The first-order valence-corrected chi connectivity index (χ1v) is 7.01. The molecule has 1 saturated heterocycles. The molecule has 0 unspecified atom stereocenters. The van der Waals surface area contributed by atoms with E-state index in [4.69, 9.17) is 0 Å². The number of piperidine rings is 1. The third-order valence-corrected chi connectivity index (χ3v) is 3.67. The Kier molecular flexibility index (Phi) is 4.73. The molecule has 1 fully saturated rings. The van der Waals surface area contributed by atoms with Gasteiger partial charge in [-0.2, -0.15) is 13.2 Å². The van der Waals surface area contributed by atoms with Crippen LogP contribution in [0.1, 0.15) is 28.8 Å². The van der Waals surface area contributed by atoms with E-state index < -0.39 is 12.1 Å².